The van der Waals surface area contributed by atoms with E-state index >= 15 is 0 Å². The molecule has 2 aromatic heterocycles. The Labute approximate surface area is 111 Å². The zero-order chi connectivity index (χ0) is 13.8. The van der Waals surface area contributed by atoms with Crippen LogP contribution in [0.3, 0.4) is 0 Å². The van der Waals surface area contributed by atoms with Crippen LogP contribution in [0.15, 0.2) is 24.5 Å². The van der Waals surface area contributed by atoms with Crippen LogP contribution in [0.4, 0.5) is 5.69 Å². The van der Waals surface area contributed by atoms with Gasteiger partial charge in [-0.2, -0.15) is 5.10 Å². The topological polar surface area (TPSA) is 80.0 Å². The molecule has 6 nitrogen and oxygen atoms in total. The van der Waals surface area contributed by atoms with Crippen molar-refractivity contribution in [1.82, 2.24) is 14.8 Å². The van der Waals surface area contributed by atoms with E-state index in [2.05, 4.69) is 22.3 Å². The van der Waals surface area contributed by atoms with E-state index < -0.39 is 5.97 Å². The van der Waals surface area contributed by atoms with Crippen LogP contribution in [-0.4, -0.2) is 25.8 Å². The minimum Gasteiger partial charge on any atom is -0.477 e. The van der Waals surface area contributed by atoms with E-state index in [1.807, 2.05) is 13.2 Å². The summed E-state index contributed by atoms with van der Waals surface area (Å²) in [5.74, 6) is -1.02. The van der Waals surface area contributed by atoms with Gasteiger partial charge in [-0.3, -0.25) is 4.68 Å². The van der Waals surface area contributed by atoms with E-state index in [1.165, 1.54) is 12.3 Å². The second-order valence-corrected chi connectivity index (χ2v) is 4.22. The Hall–Kier alpha value is -2.37. The number of aryl methyl sites for hydroxylation is 2. The van der Waals surface area contributed by atoms with Gasteiger partial charge in [0.05, 0.1) is 17.6 Å². The van der Waals surface area contributed by atoms with Crippen LogP contribution < -0.4 is 5.32 Å². The molecule has 0 spiro atoms. The molecule has 0 aliphatic carbocycles. The van der Waals surface area contributed by atoms with Crippen LogP contribution in [-0.2, 0) is 20.0 Å². The van der Waals surface area contributed by atoms with Crippen molar-refractivity contribution in [2.45, 2.75) is 19.9 Å². The summed E-state index contributed by atoms with van der Waals surface area (Å²) in [5, 5.41) is 16.3. The van der Waals surface area contributed by atoms with E-state index in [0.717, 1.165) is 23.4 Å². The lowest BCUT2D eigenvalue weighted by Crippen LogP contribution is -2.04. The third-order valence-corrected chi connectivity index (χ3v) is 2.79. The highest BCUT2D eigenvalue weighted by atomic mass is 16.4. The molecule has 2 heterocycles. The highest BCUT2D eigenvalue weighted by Gasteiger charge is 2.06. The molecule has 0 unspecified atom stereocenters. The molecule has 0 fully saturated rings. The first-order valence-electron chi connectivity index (χ1n) is 6.04. The molecule has 0 radical (unpaired) electrons. The van der Waals surface area contributed by atoms with Crippen LogP contribution in [0.1, 0.15) is 28.7 Å². The molecule has 100 valence electrons. The van der Waals surface area contributed by atoms with Crippen molar-refractivity contribution < 1.29 is 9.90 Å². The zero-order valence-corrected chi connectivity index (χ0v) is 10.9. The van der Waals surface area contributed by atoms with Gasteiger partial charge >= 0.3 is 5.97 Å². The number of carboxylic acid groups (broad SMARTS) is 1. The van der Waals surface area contributed by atoms with Gasteiger partial charge in [-0.05, 0) is 18.6 Å². The number of carbonyl (C=O) groups is 1. The molecule has 0 saturated carbocycles. The number of pyridine rings is 1. The van der Waals surface area contributed by atoms with Crippen molar-refractivity contribution >= 4 is 11.7 Å². The highest BCUT2D eigenvalue weighted by Crippen LogP contribution is 2.12. The molecule has 19 heavy (non-hydrogen) atoms. The fourth-order valence-electron chi connectivity index (χ4n) is 1.85. The van der Waals surface area contributed by atoms with Crippen LogP contribution in [0.5, 0.6) is 0 Å². The van der Waals surface area contributed by atoms with Gasteiger partial charge in [0.1, 0.15) is 5.69 Å². The summed E-state index contributed by atoms with van der Waals surface area (Å²) in [7, 11) is 1.89. The SMILES string of the molecule is CCc1nn(C)cc1CNc1ccc(C(=O)O)nc1. The lowest BCUT2D eigenvalue weighted by Gasteiger charge is -2.05. The Morgan fingerprint density at radius 2 is 2.26 bits per heavy atom. The molecule has 0 saturated heterocycles. The van der Waals surface area contributed by atoms with Crippen molar-refractivity contribution in [3.8, 4) is 0 Å². The minimum atomic E-state index is -1.02. The van der Waals surface area contributed by atoms with Gasteiger partial charge in [-0.1, -0.05) is 6.92 Å². The summed E-state index contributed by atoms with van der Waals surface area (Å²) in [6.07, 6.45) is 4.38. The maximum atomic E-state index is 10.7. The maximum absolute atomic E-state index is 10.7. The third-order valence-electron chi connectivity index (χ3n) is 2.79. The van der Waals surface area contributed by atoms with Crippen molar-refractivity contribution in [3.05, 3.63) is 41.5 Å². The van der Waals surface area contributed by atoms with Gasteiger partial charge in [0.15, 0.2) is 0 Å². The fourth-order valence-corrected chi connectivity index (χ4v) is 1.85. The second-order valence-electron chi connectivity index (χ2n) is 4.22. The number of aromatic nitrogens is 3. The lowest BCUT2D eigenvalue weighted by atomic mass is 10.2. The molecule has 6 heteroatoms. The summed E-state index contributed by atoms with van der Waals surface area (Å²) in [6, 6.07) is 3.19. The number of nitrogens with zero attached hydrogens (tertiary/aromatic N) is 3. The third kappa shape index (κ3) is 3.09. The standard InChI is InChI=1S/C13H16N4O2/c1-3-11-9(8-17(2)16-11)6-14-10-4-5-12(13(18)19)15-7-10/h4-5,7-8,14H,3,6H2,1-2H3,(H,18,19). The highest BCUT2D eigenvalue weighted by molar-refractivity contribution is 5.85. The van der Waals surface area contributed by atoms with E-state index in [4.69, 9.17) is 5.11 Å². The molecule has 0 aromatic carbocycles. The van der Waals surface area contributed by atoms with Crippen molar-refractivity contribution in [3.63, 3.8) is 0 Å². The molecular weight excluding hydrogens is 244 g/mol. The lowest BCUT2D eigenvalue weighted by molar-refractivity contribution is 0.0690. The molecule has 2 rings (SSSR count). The Balaban J connectivity index is 2.03. The smallest absolute Gasteiger partial charge is 0.354 e. The van der Waals surface area contributed by atoms with Crippen molar-refractivity contribution in [1.29, 1.82) is 0 Å². The van der Waals surface area contributed by atoms with Crippen LogP contribution in [0.2, 0.25) is 0 Å². The van der Waals surface area contributed by atoms with Crippen LogP contribution in [0.25, 0.3) is 0 Å². The van der Waals surface area contributed by atoms with Crippen LogP contribution >= 0.6 is 0 Å². The first-order chi connectivity index (χ1) is 9.10. The van der Waals surface area contributed by atoms with Gasteiger partial charge in [0, 0.05) is 25.4 Å². The Morgan fingerprint density at radius 3 is 2.84 bits per heavy atom. The number of aromatic carboxylic acids is 1. The summed E-state index contributed by atoms with van der Waals surface area (Å²) < 4.78 is 1.79. The fraction of sp³-hybridized carbons (Fsp3) is 0.308. The zero-order valence-electron chi connectivity index (χ0n) is 10.9. The summed E-state index contributed by atoms with van der Waals surface area (Å²) in [6.45, 7) is 2.71. The average molecular weight is 260 g/mol. The first-order valence-corrected chi connectivity index (χ1v) is 6.04. The Morgan fingerprint density at radius 1 is 1.47 bits per heavy atom. The summed E-state index contributed by atoms with van der Waals surface area (Å²) >= 11 is 0. The summed E-state index contributed by atoms with van der Waals surface area (Å²) in [4.78, 5) is 14.5. The van der Waals surface area contributed by atoms with Crippen LogP contribution in [0, 0.1) is 0 Å². The van der Waals surface area contributed by atoms with E-state index in [9.17, 15) is 4.79 Å². The number of hydrogen-bond donors (Lipinski definition) is 2. The number of nitrogens with one attached hydrogen (secondary N) is 1. The van der Waals surface area contributed by atoms with E-state index in [0.29, 0.717) is 6.54 Å². The van der Waals surface area contributed by atoms with Gasteiger partial charge in [0.2, 0.25) is 0 Å². The Bertz CT molecular complexity index is 575. The second kappa shape index (κ2) is 5.51. The average Bonchev–Trinajstić information content (AvgIpc) is 2.77. The van der Waals surface area contributed by atoms with Gasteiger partial charge in [-0.15, -0.1) is 0 Å². The molecule has 0 amide bonds. The minimum absolute atomic E-state index is 0.0428. The molecule has 0 bridgehead atoms. The number of anilines is 1. The van der Waals surface area contributed by atoms with E-state index in [1.54, 1.807) is 10.7 Å². The monoisotopic (exact) mass is 260 g/mol. The molecule has 0 aliphatic rings. The van der Waals surface area contributed by atoms with Gasteiger partial charge < -0.3 is 10.4 Å². The van der Waals surface area contributed by atoms with Crippen molar-refractivity contribution in [2.24, 2.45) is 7.05 Å². The molecule has 0 aliphatic heterocycles. The molecular formula is C13H16N4O2. The number of rotatable bonds is 5. The largest absolute Gasteiger partial charge is 0.477 e. The van der Waals surface area contributed by atoms with Gasteiger partial charge in [-0.25, -0.2) is 9.78 Å². The number of hydrogen-bond acceptors (Lipinski definition) is 4. The molecule has 2 N–H and O–H groups in total. The summed E-state index contributed by atoms with van der Waals surface area (Å²) in [5.41, 5.74) is 3.02. The maximum Gasteiger partial charge on any atom is 0.354 e. The van der Waals surface area contributed by atoms with Gasteiger partial charge in [0.25, 0.3) is 0 Å². The molecule has 2 aromatic rings. The number of carboxylic acids is 1. The predicted octanol–water partition coefficient (Wildman–Crippen LogP) is 1.69. The molecule has 0 atom stereocenters. The quantitative estimate of drug-likeness (QED) is 0.855. The first kappa shape index (κ1) is 13.1. The predicted molar refractivity (Wildman–Crippen MR) is 71.1 cm³/mol. The Kier molecular flexibility index (Phi) is 3.79. The normalized spacial score (nSPS) is 10.4. The van der Waals surface area contributed by atoms with Crippen molar-refractivity contribution in [2.75, 3.05) is 5.32 Å². The van der Waals surface area contributed by atoms with E-state index in [-0.39, 0.29) is 5.69 Å².